The zero-order valence-electron chi connectivity index (χ0n) is 20.3. The second-order valence-electron chi connectivity index (χ2n) is 8.70. The van der Waals surface area contributed by atoms with Crippen molar-refractivity contribution in [3.8, 4) is 0 Å². The third-order valence-corrected chi connectivity index (χ3v) is 5.90. The van der Waals surface area contributed by atoms with Gasteiger partial charge in [-0.15, -0.1) is 0 Å². The minimum atomic E-state index is -0.203. The van der Waals surface area contributed by atoms with Gasteiger partial charge in [-0.3, -0.25) is 14.4 Å². The van der Waals surface area contributed by atoms with E-state index in [0.717, 1.165) is 57.5 Å². The summed E-state index contributed by atoms with van der Waals surface area (Å²) in [5.41, 5.74) is 2.61. The minimum absolute atomic E-state index is 0.0159. The van der Waals surface area contributed by atoms with Crippen LogP contribution in [0.15, 0.2) is 48.5 Å². The van der Waals surface area contributed by atoms with Gasteiger partial charge in [0.05, 0.1) is 6.54 Å². The summed E-state index contributed by atoms with van der Waals surface area (Å²) in [5.74, 6) is -0.147. The molecule has 0 unspecified atom stereocenters. The van der Waals surface area contributed by atoms with Gasteiger partial charge in [-0.25, -0.2) is 0 Å². The lowest BCUT2D eigenvalue weighted by molar-refractivity contribution is -0.114. The molecule has 1 fully saturated rings. The van der Waals surface area contributed by atoms with Crippen molar-refractivity contribution in [2.45, 2.75) is 46.0 Å². The van der Waals surface area contributed by atoms with Gasteiger partial charge in [0.25, 0.3) is 11.8 Å². The normalized spacial score (nSPS) is 13.3. The van der Waals surface area contributed by atoms with Gasteiger partial charge in [0, 0.05) is 48.7 Å². The summed E-state index contributed by atoms with van der Waals surface area (Å²) in [7, 11) is 0. The summed E-state index contributed by atoms with van der Waals surface area (Å²) in [5, 5.41) is 5.94. The zero-order valence-corrected chi connectivity index (χ0v) is 20.3. The second-order valence-corrected chi connectivity index (χ2v) is 8.70. The van der Waals surface area contributed by atoms with E-state index in [-0.39, 0.29) is 24.3 Å². The number of piperidine rings is 1. The van der Waals surface area contributed by atoms with Crippen molar-refractivity contribution in [2.75, 3.05) is 43.4 Å². The van der Waals surface area contributed by atoms with Gasteiger partial charge >= 0.3 is 0 Å². The molecule has 7 nitrogen and oxygen atoms in total. The van der Waals surface area contributed by atoms with Crippen molar-refractivity contribution >= 4 is 29.1 Å². The van der Waals surface area contributed by atoms with E-state index in [1.165, 1.54) is 6.42 Å². The first-order chi connectivity index (χ1) is 16.5. The third-order valence-electron chi connectivity index (χ3n) is 5.90. The van der Waals surface area contributed by atoms with E-state index in [0.29, 0.717) is 16.8 Å². The Labute approximate surface area is 202 Å². The Hall–Kier alpha value is -3.35. The van der Waals surface area contributed by atoms with Crippen LogP contribution in [0, 0.1) is 0 Å². The van der Waals surface area contributed by atoms with Crippen LogP contribution in [0.3, 0.4) is 0 Å². The summed E-state index contributed by atoms with van der Waals surface area (Å²) in [6, 6.07) is 14.3. The molecule has 182 valence electrons. The highest BCUT2D eigenvalue weighted by Gasteiger charge is 2.18. The quantitative estimate of drug-likeness (QED) is 0.537. The van der Waals surface area contributed by atoms with Crippen LogP contribution in [-0.4, -0.2) is 60.2 Å². The monoisotopic (exact) mass is 464 g/mol. The average molecular weight is 465 g/mol. The van der Waals surface area contributed by atoms with E-state index in [9.17, 15) is 14.4 Å². The maximum atomic E-state index is 12.7. The molecule has 2 aromatic carbocycles. The molecule has 2 N–H and O–H groups in total. The Morgan fingerprint density at radius 1 is 0.853 bits per heavy atom. The Bertz CT molecular complexity index is 962. The molecule has 1 aliphatic heterocycles. The van der Waals surface area contributed by atoms with E-state index < -0.39 is 0 Å². The van der Waals surface area contributed by atoms with E-state index in [4.69, 9.17) is 0 Å². The number of nitrogens with one attached hydrogen (secondary N) is 2. The first-order valence-corrected chi connectivity index (χ1v) is 12.3. The molecular formula is C27H36N4O3. The number of carbonyl (C=O) groups excluding carboxylic acids is 3. The number of hydrogen-bond donors (Lipinski definition) is 2. The van der Waals surface area contributed by atoms with Crippen LogP contribution >= 0.6 is 0 Å². The number of amides is 3. The van der Waals surface area contributed by atoms with Gasteiger partial charge in [0.2, 0.25) is 5.91 Å². The average Bonchev–Trinajstić information content (AvgIpc) is 2.87. The first kappa shape index (κ1) is 25.3. The van der Waals surface area contributed by atoms with Crippen LogP contribution in [0.1, 0.15) is 66.7 Å². The Morgan fingerprint density at radius 2 is 1.53 bits per heavy atom. The fourth-order valence-electron chi connectivity index (χ4n) is 4.16. The van der Waals surface area contributed by atoms with E-state index in [2.05, 4.69) is 24.5 Å². The molecule has 1 heterocycles. The molecule has 0 saturated carbocycles. The smallest absolute Gasteiger partial charge is 0.253 e. The standard InChI is InChI=1S/C27H36N4O3/c1-3-15-30(16-4-2)26(33)21-11-13-23(14-12-21)29-25(32)20-28-24-10-8-9-22(19-24)27(34)31-17-6-5-7-18-31/h8-14,19,28H,3-7,15-18,20H2,1-2H3,(H,29,32). The van der Waals surface area contributed by atoms with Crippen molar-refractivity contribution in [3.05, 3.63) is 59.7 Å². The number of benzene rings is 2. The number of likely N-dealkylation sites (tertiary alicyclic amines) is 1. The fraction of sp³-hybridized carbons (Fsp3) is 0.444. The SMILES string of the molecule is CCCN(CCC)C(=O)c1ccc(NC(=O)CNc2cccc(C(=O)N3CCCCC3)c2)cc1. The third kappa shape index (κ3) is 7.07. The van der Waals surface area contributed by atoms with Crippen molar-refractivity contribution in [1.29, 1.82) is 0 Å². The molecule has 1 aliphatic rings. The lowest BCUT2D eigenvalue weighted by Crippen LogP contribution is -2.35. The Kier molecular flexibility index (Phi) is 9.50. The number of carbonyl (C=O) groups is 3. The van der Waals surface area contributed by atoms with Gasteiger partial charge in [-0.1, -0.05) is 19.9 Å². The highest BCUT2D eigenvalue weighted by Crippen LogP contribution is 2.17. The topological polar surface area (TPSA) is 81.8 Å². The Morgan fingerprint density at radius 3 is 2.18 bits per heavy atom. The molecule has 0 spiro atoms. The largest absolute Gasteiger partial charge is 0.376 e. The molecule has 0 aliphatic carbocycles. The van der Waals surface area contributed by atoms with Crippen LogP contribution in [0.2, 0.25) is 0 Å². The van der Waals surface area contributed by atoms with Gasteiger partial charge in [0.15, 0.2) is 0 Å². The molecule has 1 saturated heterocycles. The maximum absolute atomic E-state index is 12.7. The number of nitrogens with zero attached hydrogens (tertiary/aromatic N) is 2. The maximum Gasteiger partial charge on any atom is 0.253 e. The van der Waals surface area contributed by atoms with Gasteiger partial charge < -0.3 is 20.4 Å². The van der Waals surface area contributed by atoms with E-state index >= 15 is 0 Å². The molecule has 0 atom stereocenters. The van der Waals surface area contributed by atoms with Gasteiger partial charge in [-0.2, -0.15) is 0 Å². The molecule has 0 bridgehead atoms. The van der Waals surface area contributed by atoms with Crippen molar-refractivity contribution in [1.82, 2.24) is 9.80 Å². The minimum Gasteiger partial charge on any atom is -0.376 e. The number of rotatable bonds is 10. The highest BCUT2D eigenvalue weighted by molar-refractivity contribution is 5.97. The summed E-state index contributed by atoms with van der Waals surface area (Å²) < 4.78 is 0. The van der Waals surface area contributed by atoms with Crippen LogP contribution in [-0.2, 0) is 4.79 Å². The van der Waals surface area contributed by atoms with Crippen LogP contribution in [0.5, 0.6) is 0 Å². The molecule has 2 aromatic rings. The second kappa shape index (κ2) is 12.8. The summed E-state index contributed by atoms with van der Waals surface area (Å²) in [6.07, 6.45) is 5.11. The van der Waals surface area contributed by atoms with Crippen molar-refractivity contribution < 1.29 is 14.4 Å². The highest BCUT2D eigenvalue weighted by atomic mass is 16.2. The van der Waals surface area contributed by atoms with Gasteiger partial charge in [0.1, 0.15) is 0 Å². The van der Waals surface area contributed by atoms with Crippen LogP contribution in [0.4, 0.5) is 11.4 Å². The number of anilines is 2. The van der Waals surface area contributed by atoms with E-state index in [1.807, 2.05) is 28.0 Å². The molecule has 3 amide bonds. The van der Waals surface area contributed by atoms with Crippen molar-refractivity contribution in [3.63, 3.8) is 0 Å². The predicted octanol–water partition coefficient (Wildman–Crippen LogP) is 4.63. The molecular weight excluding hydrogens is 428 g/mol. The zero-order chi connectivity index (χ0) is 24.3. The molecule has 7 heteroatoms. The van der Waals surface area contributed by atoms with E-state index in [1.54, 1.807) is 30.3 Å². The van der Waals surface area contributed by atoms with Gasteiger partial charge in [-0.05, 0) is 74.6 Å². The molecule has 3 rings (SSSR count). The fourth-order valence-corrected chi connectivity index (χ4v) is 4.16. The Balaban J connectivity index is 1.52. The summed E-state index contributed by atoms with van der Waals surface area (Å²) in [4.78, 5) is 41.6. The molecule has 0 aromatic heterocycles. The summed E-state index contributed by atoms with van der Waals surface area (Å²) >= 11 is 0. The lowest BCUT2D eigenvalue weighted by atomic mass is 10.1. The number of hydrogen-bond acceptors (Lipinski definition) is 4. The first-order valence-electron chi connectivity index (χ1n) is 12.3. The van der Waals surface area contributed by atoms with Crippen LogP contribution in [0.25, 0.3) is 0 Å². The molecule has 0 radical (unpaired) electrons. The molecule has 34 heavy (non-hydrogen) atoms. The van der Waals surface area contributed by atoms with Crippen LogP contribution < -0.4 is 10.6 Å². The summed E-state index contributed by atoms with van der Waals surface area (Å²) in [6.45, 7) is 7.28. The van der Waals surface area contributed by atoms with Crippen molar-refractivity contribution in [2.24, 2.45) is 0 Å². The lowest BCUT2D eigenvalue weighted by Gasteiger charge is -2.26. The predicted molar refractivity (Wildman–Crippen MR) is 136 cm³/mol.